The first-order chi connectivity index (χ1) is 17.6. The molecule has 3 aromatic rings. The van der Waals surface area contributed by atoms with Crippen LogP contribution >= 0.6 is 0 Å². The van der Waals surface area contributed by atoms with Crippen LogP contribution in [0.1, 0.15) is 31.4 Å². The molecule has 13 heteroatoms. The second-order valence-corrected chi connectivity index (χ2v) is 10.3. The first-order valence-corrected chi connectivity index (χ1v) is 12.8. The Labute approximate surface area is 214 Å². The van der Waals surface area contributed by atoms with E-state index in [0.29, 0.717) is 36.2 Å². The second-order valence-electron chi connectivity index (χ2n) is 8.70. The van der Waals surface area contributed by atoms with Gasteiger partial charge in [0.25, 0.3) is 10.0 Å². The summed E-state index contributed by atoms with van der Waals surface area (Å²) in [6.45, 7) is 3.89. The lowest BCUT2D eigenvalue weighted by molar-refractivity contribution is -0.119. The lowest BCUT2D eigenvalue weighted by atomic mass is 9.96. The van der Waals surface area contributed by atoms with E-state index in [9.17, 15) is 13.2 Å². The standard InChI is InChI=1S/C24H29N5O7S/c1-15(30)25-11-17-12-26-29(14-17)13-16-9-19(34-4)21-20(10-16)36-27-23(21)28-37(31,32)22-18(33-3)7-6-8-24(22,2)35-5/h6-7,9-10,12,14H,8,11,13H2,1-5H3,(H,25,30)(H,27,28). The summed E-state index contributed by atoms with van der Waals surface area (Å²) in [5, 5.41) is 11.4. The van der Waals surface area contributed by atoms with Crippen LogP contribution in [0.25, 0.3) is 11.0 Å². The van der Waals surface area contributed by atoms with Gasteiger partial charge in [-0.3, -0.25) is 14.2 Å². The molecule has 4 rings (SSSR count). The number of sulfonamides is 1. The van der Waals surface area contributed by atoms with E-state index in [1.54, 1.807) is 42.1 Å². The Balaban J connectivity index is 1.65. The average Bonchev–Trinajstić information content (AvgIpc) is 3.48. The number of ether oxygens (including phenoxy) is 3. The Bertz CT molecular complexity index is 1490. The van der Waals surface area contributed by atoms with E-state index in [1.807, 2.05) is 6.20 Å². The molecule has 1 aliphatic rings. The molecular weight excluding hydrogens is 502 g/mol. The van der Waals surface area contributed by atoms with Crippen molar-refractivity contribution < 1.29 is 31.9 Å². The van der Waals surface area contributed by atoms with Gasteiger partial charge in [-0.15, -0.1) is 0 Å². The molecule has 1 amide bonds. The van der Waals surface area contributed by atoms with E-state index in [-0.39, 0.29) is 22.4 Å². The summed E-state index contributed by atoms with van der Waals surface area (Å²) in [5.41, 5.74) is 0.838. The van der Waals surface area contributed by atoms with Gasteiger partial charge in [0.1, 0.15) is 27.4 Å². The number of nitrogens with one attached hydrogen (secondary N) is 2. The van der Waals surface area contributed by atoms with Crippen LogP contribution in [0, 0.1) is 0 Å². The van der Waals surface area contributed by atoms with Gasteiger partial charge >= 0.3 is 0 Å². The predicted octanol–water partition coefficient (Wildman–Crippen LogP) is 2.68. The molecule has 0 saturated carbocycles. The molecule has 0 radical (unpaired) electrons. The highest BCUT2D eigenvalue weighted by Gasteiger charge is 2.42. The van der Waals surface area contributed by atoms with Gasteiger partial charge in [-0.2, -0.15) is 5.10 Å². The fraction of sp³-hybridized carbons (Fsp3) is 0.375. The molecule has 198 valence electrons. The molecule has 0 saturated heterocycles. The third-order valence-corrected chi connectivity index (χ3v) is 7.67. The zero-order chi connectivity index (χ0) is 26.8. The minimum absolute atomic E-state index is 0.0222. The van der Waals surface area contributed by atoms with Crippen LogP contribution in [0.5, 0.6) is 5.75 Å². The van der Waals surface area contributed by atoms with Crippen LogP contribution < -0.4 is 14.8 Å². The third-order valence-electron chi connectivity index (χ3n) is 6.04. The van der Waals surface area contributed by atoms with E-state index >= 15 is 0 Å². The number of hydrogen-bond donors (Lipinski definition) is 2. The molecule has 1 aliphatic carbocycles. The van der Waals surface area contributed by atoms with E-state index < -0.39 is 15.6 Å². The number of methoxy groups -OCH3 is 3. The van der Waals surface area contributed by atoms with Gasteiger partial charge in [-0.25, -0.2) is 8.42 Å². The van der Waals surface area contributed by atoms with Crippen molar-refractivity contribution in [2.75, 3.05) is 26.1 Å². The Hall–Kier alpha value is -3.84. The number of anilines is 1. The minimum Gasteiger partial charge on any atom is -0.496 e. The van der Waals surface area contributed by atoms with E-state index in [0.717, 1.165) is 11.1 Å². The van der Waals surface area contributed by atoms with Gasteiger partial charge in [0.2, 0.25) is 5.91 Å². The van der Waals surface area contributed by atoms with Crippen LogP contribution in [0.2, 0.25) is 0 Å². The molecule has 12 nitrogen and oxygen atoms in total. The summed E-state index contributed by atoms with van der Waals surface area (Å²) in [4.78, 5) is 11.1. The maximum atomic E-state index is 13.5. The van der Waals surface area contributed by atoms with Crippen molar-refractivity contribution in [1.82, 2.24) is 20.3 Å². The van der Waals surface area contributed by atoms with Crippen molar-refractivity contribution in [3.63, 3.8) is 0 Å². The number of amides is 1. The van der Waals surface area contributed by atoms with Crippen molar-refractivity contribution in [1.29, 1.82) is 0 Å². The number of carbonyl (C=O) groups excluding carboxylic acids is 1. The molecule has 1 atom stereocenters. The normalized spacial score (nSPS) is 17.8. The number of benzene rings is 1. The summed E-state index contributed by atoms with van der Waals surface area (Å²) in [5.74, 6) is 0.394. The van der Waals surface area contributed by atoms with Crippen molar-refractivity contribution in [2.45, 2.75) is 39.0 Å². The summed E-state index contributed by atoms with van der Waals surface area (Å²) < 4.78 is 53.2. The van der Waals surface area contributed by atoms with Crippen molar-refractivity contribution in [3.8, 4) is 5.75 Å². The van der Waals surface area contributed by atoms with Crippen LogP contribution in [-0.2, 0) is 37.4 Å². The molecule has 2 heterocycles. The molecule has 0 bridgehead atoms. The monoisotopic (exact) mass is 531 g/mol. The largest absolute Gasteiger partial charge is 0.496 e. The Morgan fingerprint density at radius 1 is 1.22 bits per heavy atom. The molecule has 0 fully saturated rings. The topological polar surface area (TPSA) is 147 Å². The fourth-order valence-electron chi connectivity index (χ4n) is 4.16. The number of rotatable bonds is 10. The second kappa shape index (κ2) is 10.3. The van der Waals surface area contributed by atoms with Crippen molar-refractivity contribution >= 4 is 32.7 Å². The van der Waals surface area contributed by atoms with Gasteiger partial charge in [0.15, 0.2) is 11.4 Å². The van der Waals surface area contributed by atoms with E-state index in [4.69, 9.17) is 18.7 Å². The summed E-state index contributed by atoms with van der Waals surface area (Å²) in [7, 11) is 0.153. The quantitative estimate of drug-likeness (QED) is 0.403. The predicted molar refractivity (Wildman–Crippen MR) is 135 cm³/mol. The zero-order valence-electron chi connectivity index (χ0n) is 21.2. The highest BCUT2D eigenvalue weighted by molar-refractivity contribution is 7.96. The van der Waals surface area contributed by atoms with Gasteiger partial charge < -0.3 is 24.1 Å². The molecular formula is C24H29N5O7S. The smallest absolute Gasteiger partial charge is 0.265 e. The third kappa shape index (κ3) is 5.32. The van der Waals surface area contributed by atoms with E-state index in [1.165, 1.54) is 28.3 Å². The average molecular weight is 532 g/mol. The Kier molecular flexibility index (Phi) is 7.28. The fourth-order valence-corrected chi connectivity index (χ4v) is 5.81. The Morgan fingerprint density at radius 3 is 2.68 bits per heavy atom. The molecule has 0 aliphatic heterocycles. The van der Waals surface area contributed by atoms with Crippen LogP contribution in [0.4, 0.5) is 5.82 Å². The van der Waals surface area contributed by atoms with Crippen LogP contribution in [0.15, 0.2) is 51.9 Å². The lowest BCUT2D eigenvalue weighted by Crippen LogP contribution is -2.38. The molecule has 37 heavy (non-hydrogen) atoms. The molecule has 1 aromatic carbocycles. The molecule has 0 spiro atoms. The maximum absolute atomic E-state index is 13.5. The molecule has 2 aromatic heterocycles. The van der Waals surface area contributed by atoms with E-state index in [2.05, 4.69) is 20.3 Å². The number of aromatic nitrogens is 3. The number of fused-ring (bicyclic) bond motifs is 1. The highest BCUT2D eigenvalue weighted by Crippen LogP contribution is 2.39. The summed E-state index contributed by atoms with van der Waals surface area (Å²) >= 11 is 0. The number of carbonyl (C=O) groups is 1. The highest BCUT2D eigenvalue weighted by atomic mass is 32.2. The minimum atomic E-state index is -4.17. The lowest BCUT2D eigenvalue weighted by Gasteiger charge is -2.32. The van der Waals surface area contributed by atoms with Crippen molar-refractivity contribution in [2.24, 2.45) is 0 Å². The SMILES string of the molecule is COC1=C(S(=O)(=O)Nc2noc3cc(Cn4cc(CNC(C)=O)cn4)cc(OC)c23)C(C)(OC)CC=C1. The molecule has 1 unspecified atom stereocenters. The summed E-state index contributed by atoms with van der Waals surface area (Å²) in [6, 6.07) is 3.50. The zero-order valence-corrected chi connectivity index (χ0v) is 22.0. The first-order valence-electron chi connectivity index (χ1n) is 11.4. The molecule has 2 N–H and O–H groups in total. The van der Waals surface area contributed by atoms with Gasteiger partial charge in [-0.1, -0.05) is 11.2 Å². The number of nitrogens with zero attached hydrogens (tertiary/aromatic N) is 3. The van der Waals surface area contributed by atoms with Gasteiger partial charge in [0, 0.05) is 32.3 Å². The van der Waals surface area contributed by atoms with Gasteiger partial charge in [0.05, 0.1) is 27.0 Å². The van der Waals surface area contributed by atoms with Crippen LogP contribution in [0.3, 0.4) is 0 Å². The summed E-state index contributed by atoms with van der Waals surface area (Å²) in [6.07, 6.45) is 7.22. The number of allylic oxidation sites excluding steroid dienone is 1. The first kappa shape index (κ1) is 26.2. The van der Waals surface area contributed by atoms with Crippen LogP contribution in [-0.4, -0.2) is 56.2 Å². The van der Waals surface area contributed by atoms with Crippen molar-refractivity contribution in [3.05, 3.63) is 58.5 Å². The maximum Gasteiger partial charge on any atom is 0.265 e. The van der Waals surface area contributed by atoms with Gasteiger partial charge in [-0.05, 0) is 37.1 Å². The number of hydrogen-bond acceptors (Lipinski definition) is 9. The Morgan fingerprint density at radius 2 is 2.00 bits per heavy atom.